The molecule has 0 atom stereocenters. The molecule has 1 aliphatic heterocycles. The third-order valence-corrected chi connectivity index (χ3v) is 11.5. The van der Waals surface area contributed by atoms with E-state index in [1.165, 1.54) is 93.4 Å². The molecule has 0 saturated carbocycles. The van der Waals surface area contributed by atoms with Crippen LogP contribution >= 0.6 is 0 Å². The second-order valence-corrected chi connectivity index (χ2v) is 14.1. The third kappa shape index (κ3) is 3.65. The number of para-hydroxylation sites is 3. The summed E-state index contributed by atoms with van der Waals surface area (Å²) in [6, 6.07) is 67.3. The maximum Gasteiger partial charge on any atom is 0.247 e. The lowest BCUT2D eigenvalue weighted by Gasteiger charge is -2.32. The van der Waals surface area contributed by atoms with Crippen molar-refractivity contribution < 1.29 is 0 Å². The Morgan fingerprint density at radius 2 is 1.12 bits per heavy atom. The van der Waals surface area contributed by atoms with Crippen molar-refractivity contribution in [3.05, 3.63) is 182 Å². The van der Waals surface area contributed by atoms with Gasteiger partial charge in [0.1, 0.15) is 5.65 Å². The maximum absolute atomic E-state index is 2.58. The molecule has 3 nitrogen and oxygen atoms in total. The molecule has 8 aromatic carbocycles. The molecule has 240 valence electrons. The van der Waals surface area contributed by atoms with Crippen molar-refractivity contribution in [3.63, 3.8) is 0 Å². The van der Waals surface area contributed by atoms with Gasteiger partial charge in [0.2, 0.25) is 6.71 Å². The van der Waals surface area contributed by atoms with Gasteiger partial charge in [-0.05, 0) is 69.9 Å². The summed E-state index contributed by atoms with van der Waals surface area (Å²) in [7, 11) is 0. The van der Waals surface area contributed by atoms with Gasteiger partial charge in [-0.25, -0.2) is 0 Å². The Morgan fingerprint density at radius 1 is 0.404 bits per heavy atom. The van der Waals surface area contributed by atoms with Crippen LogP contribution in [0.15, 0.2) is 182 Å². The van der Waals surface area contributed by atoms with Crippen molar-refractivity contribution in [1.29, 1.82) is 0 Å². The Balaban J connectivity index is 1.32. The number of rotatable bonds is 3. The van der Waals surface area contributed by atoms with Gasteiger partial charge < -0.3 is 4.57 Å². The first-order chi connectivity index (χ1) is 25.8. The van der Waals surface area contributed by atoms with Crippen LogP contribution in [0.3, 0.4) is 0 Å². The fourth-order valence-electron chi connectivity index (χ4n) is 9.37. The van der Waals surface area contributed by atoms with Crippen LogP contribution in [-0.2, 0) is 0 Å². The Bertz CT molecular complexity index is 3240. The summed E-state index contributed by atoms with van der Waals surface area (Å²) in [5.74, 6) is 0. The zero-order valence-corrected chi connectivity index (χ0v) is 28.2. The second-order valence-electron chi connectivity index (χ2n) is 14.1. The van der Waals surface area contributed by atoms with Gasteiger partial charge in [-0.1, -0.05) is 145 Å². The predicted octanol–water partition coefficient (Wildman–Crippen LogP) is 9.78. The van der Waals surface area contributed by atoms with Gasteiger partial charge in [0.15, 0.2) is 0 Å². The van der Waals surface area contributed by atoms with Gasteiger partial charge >= 0.3 is 0 Å². The van der Waals surface area contributed by atoms with Crippen LogP contribution in [0.5, 0.6) is 0 Å². The zero-order chi connectivity index (χ0) is 33.9. The SMILES string of the molecule is c1ccc(-c2ccccc2B2c3cc4c5ccccc5n(-c5ccccc5)c4cc3-n3c4c2ccc2cccc(c24)n2c4ccccc4cc32)cc1. The molecule has 12 rings (SSSR count). The van der Waals surface area contributed by atoms with Crippen molar-refractivity contribution in [2.45, 2.75) is 0 Å². The van der Waals surface area contributed by atoms with E-state index in [1.54, 1.807) is 0 Å². The van der Waals surface area contributed by atoms with E-state index in [4.69, 9.17) is 0 Å². The molecule has 0 N–H and O–H groups in total. The molecule has 0 spiro atoms. The van der Waals surface area contributed by atoms with Crippen LogP contribution in [0.2, 0.25) is 0 Å². The van der Waals surface area contributed by atoms with Crippen LogP contribution in [0, 0.1) is 0 Å². The van der Waals surface area contributed by atoms with Crippen molar-refractivity contribution in [1.82, 2.24) is 13.5 Å². The summed E-state index contributed by atoms with van der Waals surface area (Å²) >= 11 is 0. The van der Waals surface area contributed by atoms with E-state index >= 15 is 0 Å². The number of aromatic nitrogens is 3. The smallest absolute Gasteiger partial charge is 0.247 e. The first-order valence-electron chi connectivity index (χ1n) is 18.1. The van der Waals surface area contributed by atoms with Gasteiger partial charge in [-0.3, -0.25) is 8.97 Å². The topological polar surface area (TPSA) is 14.3 Å². The summed E-state index contributed by atoms with van der Waals surface area (Å²) in [4.78, 5) is 0. The Morgan fingerprint density at radius 3 is 2.00 bits per heavy atom. The van der Waals surface area contributed by atoms with Gasteiger partial charge in [0, 0.05) is 32.9 Å². The molecular formula is C48H30BN3. The zero-order valence-electron chi connectivity index (χ0n) is 28.2. The van der Waals surface area contributed by atoms with Crippen molar-refractivity contribution in [2.24, 2.45) is 0 Å². The molecule has 0 fully saturated rings. The lowest BCUT2D eigenvalue weighted by atomic mass is 9.34. The summed E-state index contributed by atoms with van der Waals surface area (Å²) in [6.45, 7) is 0.00859. The summed E-state index contributed by atoms with van der Waals surface area (Å²) < 4.78 is 7.50. The molecule has 1 aliphatic rings. The number of benzene rings is 8. The molecule has 3 aromatic heterocycles. The Labute approximate surface area is 300 Å². The first-order valence-corrected chi connectivity index (χ1v) is 18.1. The van der Waals surface area contributed by atoms with Gasteiger partial charge in [0.25, 0.3) is 0 Å². The highest BCUT2D eigenvalue weighted by Crippen LogP contribution is 2.39. The van der Waals surface area contributed by atoms with E-state index < -0.39 is 0 Å². The second kappa shape index (κ2) is 10.4. The highest BCUT2D eigenvalue weighted by molar-refractivity contribution is 6.99. The standard InChI is InChI=1S/C48H30BN3/c1-3-14-31(15-4-1)35-20-8-10-22-38(35)49-39-27-26-32-17-13-25-43-47(32)48(39)52(46-28-33-16-7-11-23-41(33)51(43)46)45-30-44-37(29-40(45)49)36-21-9-12-24-42(36)50(44)34-18-5-2-6-19-34/h1-30H. The monoisotopic (exact) mass is 659 g/mol. The summed E-state index contributed by atoms with van der Waals surface area (Å²) in [6.07, 6.45) is 0. The minimum atomic E-state index is 0.00859. The van der Waals surface area contributed by atoms with E-state index in [2.05, 4.69) is 196 Å². The highest BCUT2D eigenvalue weighted by atomic mass is 15.1. The average Bonchev–Trinajstić information content (AvgIpc) is 3.76. The lowest BCUT2D eigenvalue weighted by Crippen LogP contribution is -2.56. The van der Waals surface area contributed by atoms with Crippen LogP contribution in [0.25, 0.3) is 82.7 Å². The van der Waals surface area contributed by atoms with E-state index in [0.29, 0.717) is 0 Å². The van der Waals surface area contributed by atoms with Crippen molar-refractivity contribution in [2.75, 3.05) is 0 Å². The number of fused-ring (bicyclic) bond motifs is 10. The minimum absolute atomic E-state index is 0.00859. The van der Waals surface area contributed by atoms with Crippen LogP contribution in [-0.4, -0.2) is 20.2 Å². The Kier molecular flexibility index (Phi) is 5.58. The van der Waals surface area contributed by atoms with Crippen molar-refractivity contribution in [3.8, 4) is 22.5 Å². The van der Waals surface area contributed by atoms with E-state index in [-0.39, 0.29) is 6.71 Å². The molecular weight excluding hydrogens is 629 g/mol. The molecule has 4 heterocycles. The van der Waals surface area contributed by atoms with Crippen molar-refractivity contribution >= 4 is 83.3 Å². The highest BCUT2D eigenvalue weighted by Gasteiger charge is 2.36. The molecule has 0 saturated heterocycles. The lowest BCUT2D eigenvalue weighted by molar-refractivity contribution is 1.10. The maximum atomic E-state index is 2.58. The van der Waals surface area contributed by atoms with Crippen LogP contribution < -0.4 is 16.4 Å². The van der Waals surface area contributed by atoms with Gasteiger partial charge in [0.05, 0.1) is 27.6 Å². The molecule has 0 amide bonds. The number of hydrogen-bond acceptors (Lipinski definition) is 0. The Hall–Kier alpha value is -6.78. The minimum Gasteiger partial charge on any atom is -0.309 e. The van der Waals surface area contributed by atoms with Gasteiger partial charge in [-0.2, -0.15) is 0 Å². The normalized spacial score (nSPS) is 12.6. The first kappa shape index (κ1) is 28.0. The fourth-order valence-corrected chi connectivity index (χ4v) is 9.37. The van der Waals surface area contributed by atoms with E-state index in [9.17, 15) is 0 Å². The van der Waals surface area contributed by atoms with Crippen LogP contribution in [0.1, 0.15) is 0 Å². The fraction of sp³-hybridized carbons (Fsp3) is 0. The van der Waals surface area contributed by atoms with Crippen LogP contribution in [0.4, 0.5) is 0 Å². The van der Waals surface area contributed by atoms with Gasteiger partial charge in [-0.15, -0.1) is 0 Å². The third-order valence-electron chi connectivity index (χ3n) is 11.5. The molecule has 52 heavy (non-hydrogen) atoms. The number of hydrogen-bond donors (Lipinski definition) is 0. The molecule has 0 aliphatic carbocycles. The van der Waals surface area contributed by atoms with E-state index in [0.717, 1.165) is 5.69 Å². The molecule has 4 heteroatoms. The van der Waals surface area contributed by atoms with E-state index in [1.807, 2.05) is 0 Å². The molecule has 0 unspecified atom stereocenters. The average molecular weight is 660 g/mol. The largest absolute Gasteiger partial charge is 0.309 e. The summed E-state index contributed by atoms with van der Waals surface area (Å²) in [5, 5.41) is 6.32. The predicted molar refractivity (Wildman–Crippen MR) is 220 cm³/mol. The quantitative estimate of drug-likeness (QED) is 0.168. The summed E-state index contributed by atoms with van der Waals surface area (Å²) in [5.41, 5.74) is 16.2. The molecule has 0 bridgehead atoms. The molecule has 0 radical (unpaired) electrons. The number of nitrogens with zero attached hydrogens (tertiary/aromatic N) is 3. The molecule has 11 aromatic rings.